The average Bonchev–Trinajstić information content (AvgIpc) is 3.17. The Balaban J connectivity index is 1.52. The molecule has 7 aromatic rings. The van der Waals surface area contributed by atoms with Crippen molar-refractivity contribution < 1.29 is 19.7 Å². The van der Waals surface area contributed by atoms with Crippen LogP contribution in [0.5, 0.6) is 34.5 Å². The third-order valence-electron chi connectivity index (χ3n) is 8.00. The van der Waals surface area contributed by atoms with Gasteiger partial charge in [-0.05, 0) is 78.9 Å². The Kier molecular flexibility index (Phi) is 9.34. The van der Waals surface area contributed by atoms with Gasteiger partial charge in [0, 0.05) is 45.2 Å². The van der Waals surface area contributed by atoms with E-state index < -0.39 is 0 Å². The molecule has 0 aliphatic rings. The van der Waals surface area contributed by atoms with Gasteiger partial charge in [-0.2, -0.15) is 0 Å². The fraction of sp³-hybridized carbons (Fsp3) is 0. The maximum atomic E-state index is 10.4. The van der Waals surface area contributed by atoms with Crippen LogP contribution in [0.2, 0.25) is 0 Å². The number of phenolic OH excluding ortho intramolecular Hbond substituents is 2. The summed E-state index contributed by atoms with van der Waals surface area (Å²) in [6.07, 6.45) is 0. The highest BCUT2D eigenvalue weighted by molar-refractivity contribution is 5.97. The number of nitrogens with two attached hydrogens (primary N) is 2. The summed E-state index contributed by atoms with van der Waals surface area (Å²) in [5.41, 5.74) is 16.5. The van der Waals surface area contributed by atoms with E-state index in [0.717, 1.165) is 22.1 Å². The summed E-state index contributed by atoms with van der Waals surface area (Å²) in [5.74, 6) is 21.2. The Morgan fingerprint density at radius 1 is 0.404 bits per heavy atom. The normalized spacial score (nSPS) is 10.2. The van der Waals surface area contributed by atoms with Gasteiger partial charge in [-0.3, -0.25) is 0 Å². The molecule has 0 fully saturated rings. The fourth-order valence-corrected chi connectivity index (χ4v) is 5.32. The quantitative estimate of drug-likeness (QED) is 0.0842. The van der Waals surface area contributed by atoms with Gasteiger partial charge in [-0.15, -0.1) is 0 Å². The molecule has 0 atom stereocenters. The molecule has 0 aliphatic carbocycles. The van der Waals surface area contributed by atoms with Crippen LogP contribution in [-0.2, 0) is 0 Å². The minimum Gasteiger partial charge on any atom is -0.506 e. The lowest BCUT2D eigenvalue weighted by Crippen LogP contribution is -1.97. The second-order valence-electron chi connectivity index (χ2n) is 11.7. The van der Waals surface area contributed by atoms with E-state index in [9.17, 15) is 10.2 Å². The van der Waals surface area contributed by atoms with E-state index >= 15 is 0 Å². The Bertz CT molecular complexity index is 2620. The number of rotatable bonds is 4. The molecule has 0 aromatic heterocycles. The topological polar surface area (TPSA) is 111 Å². The molecule has 0 amide bonds. The molecule has 0 spiro atoms. The Hall–Kier alpha value is -7.72. The summed E-state index contributed by atoms with van der Waals surface area (Å²) in [6, 6.07) is 44.0. The van der Waals surface area contributed by atoms with Crippen molar-refractivity contribution in [2.24, 2.45) is 0 Å². The zero-order chi connectivity index (χ0) is 35.9. The third kappa shape index (κ3) is 7.61. The largest absolute Gasteiger partial charge is 0.506 e. The van der Waals surface area contributed by atoms with Gasteiger partial charge in [-0.25, -0.2) is 0 Å². The lowest BCUT2D eigenvalue weighted by molar-refractivity contribution is 0.455. The summed E-state index contributed by atoms with van der Waals surface area (Å²) in [7, 11) is 0. The van der Waals surface area contributed by atoms with Crippen LogP contribution in [0.3, 0.4) is 0 Å². The molecule has 0 saturated heterocycles. The lowest BCUT2D eigenvalue weighted by Gasteiger charge is -2.16. The molecule has 248 valence electrons. The Morgan fingerprint density at radius 2 is 0.865 bits per heavy atom. The number of phenols is 2. The van der Waals surface area contributed by atoms with Crippen molar-refractivity contribution in [3.8, 4) is 70.0 Å². The van der Waals surface area contributed by atoms with Crippen molar-refractivity contribution in [1.82, 2.24) is 0 Å². The van der Waals surface area contributed by atoms with E-state index in [1.165, 1.54) is 12.1 Å². The number of ether oxygens (including phenoxy) is 2. The highest BCUT2D eigenvalue weighted by Gasteiger charge is 2.18. The number of anilines is 2. The number of hydrogen-bond acceptors (Lipinski definition) is 6. The third-order valence-corrected chi connectivity index (χ3v) is 8.00. The minimum absolute atomic E-state index is 0.0985. The van der Waals surface area contributed by atoms with Crippen LogP contribution in [0.25, 0.3) is 10.8 Å². The predicted molar refractivity (Wildman–Crippen MR) is 206 cm³/mol. The van der Waals surface area contributed by atoms with Crippen molar-refractivity contribution in [3.63, 3.8) is 0 Å². The van der Waals surface area contributed by atoms with Crippen molar-refractivity contribution in [1.29, 1.82) is 0 Å². The zero-order valence-corrected chi connectivity index (χ0v) is 27.7. The SMILES string of the molecule is Nc1ccc(Oc2cc3c(C#Cc4ccccc4)cc(Oc4ccc(N)c(O)c4)c(C#Cc4ccccc4)c3cc2C#Cc2ccccc2)cc1O. The molecule has 6 N–H and O–H groups in total. The zero-order valence-electron chi connectivity index (χ0n) is 27.7. The second kappa shape index (κ2) is 14.8. The molecular weight excluding hydrogens is 645 g/mol. The van der Waals surface area contributed by atoms with Crippen LogP contribution in [0.1, 0.15) is 33.4 Å². The lowest BCUT2D eigenvalue weighted by atomic mass is 9.95. The molecule has 0 aliphatic heterocycles. The minimum atomic E-state index is -0.103. The summed E-state index contributed by atoms with van der Waals surface area (Å²) in [4.78, 5) is 0. The van der Waals surface area contributed by atoms with E-state index in [2.05, 4.69) is 35.5 Å². The summed E-state index contributed by atoms with van der Waals surface area (Å²) in [6.45, 7) is 0. The van der Waals surface area contributed by atoms with Gasteiger partial charge in [0.05, 0.1) is 22.5 Å². The summed E-state index contributed by atoms with van der Waals surface area (Å²) in [5, 5.41) is 22.2. The van der Waals surface area contributed by atoms with Crippen molar-refractivity contribution in [3.05, 3.63) is 179 Å². The first-order valence-electron chi connectivity index (χ1n) is 16.3. The molecule has 0 saturated carbocycles. The van der Waals surface area contributed by atoms with Gasteiger partial charge in [-0.1, -0.05) is 90.1 Å². The van der Waals surface area contributed by atoms with Crippen LogP contribution in [-0.4, -0.2) is 10.2 Å². The number of benzene rings is 7. The van der Waals surface area contributed by atoms with E-state index in [-0.39, 0.29) is 22.9 Å². The monoisotopic (exact) mass is 674 g/mol. The molecule has 6 nitrogen and oxygen atoms in total. The molecule has 7 aromatic carbocycles. The van der Waals surface area contributed by atoms with Crippen molar-refractivity contribution in [2.75, 3.05) is 11.5 Å². The molecule has 0 bridgehead atoms. The Labute approximate surface area is 301 Å². The van der Waals surface area contributed by atoms with Crippen LogP contribution in [0, 0.1) is 35.5 Å². The van der Waals surface area contributed by atoms with Gasteiger partial charge in [0.1, 0.15) is 34.5 Å². The van der Waals surface area contributed by atoms with E-state index in [0.29, 0.717) is 45.1 Å². The number of nitrogen functional groups attached to an aromatic ring is 2. The first-order valence-corrected chi connectivity index (χ1v) is 16.3. The summed E-state index contributed by atoms with van der Waals surface area (Å²) < 4.78 is 12.9. The van der Waals surface area contributed by atoms with E-state index in [4.69, 9.17) is 20.9 Å². The first kappa shape index (κ1) is 32.8. The van der Waals surface area contributed by atoms with Crippen LogP contribution >= 0.6 is 0 Å². The predicted octanol–water partition coefficient (Wildman–Crippen LogP) is 9.20. The highest BCUT2D eigenvalue weighted by atomic mass is 16.5. The van der Waals surface area contributed by atoms with Crippen molar-refractivity contribution in [2.45, 2.75) is 0 Å². The maximum absolute atomic E-state index is 10.4. The molecule has 0 radical (unpaired) electrons. The molecular formula is C46H30N2O4. The van der Waals surface area contributed by atoms with Crippen LogP contribution in [0.4, 0.5) is 11.4 Å². The van der Waals surface area contributed by atoms with Gasteiger partial charge in [0.15, 0.2) is 0 Å². The molecule has 7 rings (SSSR count). The van der Waals surface area contributed by atoms with Crippen LogP contribution in [0.15, 0.2) is 146 Å². The van der Waals surface area contributed by atoms with Gasteiger partial charge in [0.25, 0.3) is 0 Å². The number of hydrogen-bond donors (Lipinski definition) is 4. The first-order chi connectivity index (χ1) is 25.4. The van der Waals surface area contributed by atoms with Crippen molar-refractivity contribution >= 4 is 22.1 Å². The molecule has 0 unspecified atom stereocenters. The average molecular weight is 675 g/mol. The number of fused-ring (bicyclic) bond motifs is 1. The summed E-state index contributed by atoms with van der Waals surface area (Å²) >= 11 is 0. The van der Waals surface area contributed by atoms with E-state index in [1.807, 2.05) is 109 Å². The second-order valence-corrected chi connectivity index (χ2v) is 11.7. The van der Waals surface area contributed by atoms with Gasteiger partial charge in [0.2, 0.25) is 0 Å². The smallest absolute Gasteiger partial charge is 0.144 e. The molecule has 6 heteroatoms. The molecule has 0 heterocycles. The van der Waals surface area contributed by atoms with Gasteiger partial charge < -0.3 is 31.2 Å². The maximum Gasteiger partial charge on any atom is 0.144 e. The Morgan fingerprint density at radius 3 is 1.37 bits per heavy atom. The van der Waals surface area contributed by atoms with E-state index in [1.54, 1.807) is 24.3 Å². The standard InChI is InChI=1S/C46H30N2O4/c47-41-24-21-36(28-43(41)49)51-45-30-39-34(19-16-31-10-4-1-5-11-31)27-46(52-37-22-25-42(48)44(50)29-37)38(23-18-33-14-8-3-9-15-33)40(39)26-35(45)20-17-32-12-6-2-7-13-32/h1-15,21-22,24-30,49-50H,47-48H2. The van der Waals surface area contributed by atoms with Crippen LogP contribution < -0.4 is 20.9 Å². The number of aromatic hydroxyl groups is 2. The van der Waals surface area contributed by atoms with Gasteiger partial charge >= 0.3 is 0 Å². The fourth-order valence-electron chi connectivity index (χ4n) is 5.32. The highest BCUT2D eigenvalue weighted by Crippen LogP contribution is 2.40. The molecule has 52 heavy (non-hydrogen) atoms.